The van der Waals surface area contributed by atoms with Crippen molar-refractivity contribution < 1.29 is 9.90 Å². The first-order valence-electron chi connectivity index (χ1n) is 6.06. The van der Waals surface area contributed by atoms with Crippen molar-refractivity contribution in [1.82, 2.24) is 4.90 Å². The molecular formula is C15H15BrN2O2. The largest absolute Gasteiger partial charge is 0.508 e. The first-order chi connectivity index (χ1) is 9.47. The SMILES string of the molecule is CN(Cc1cccc(O)c1)C(=O)c1cc(N)ccc1Br. The van der Waals surface area contributed by atoms with Crippen LogP contribution in [0.15, 0.2) is 46.9 Å². The van der Waals surface area contributed by atoms with Crippen molar-refractivity contribution >= 4 is 27.5 Å². The van der Waals surface area contributed by atoms with Gasteiger partial charge in [-0.1, -0.05) is 12.1 Å². The van der Waals surface area contributed by atoms with Gasteiger partial charge in [-0.25, -0.2) is 0 Å². The summed E-state index contributed by atoms with van der Waals surface area (Å²) in [6.45, 7) is 0.411. The molecular weight excluding hydrogens is 320 g/mol. The number of phenolic OH excluding ortho intramolecular Hbond substituents is 1. The van der Waals surface area contributed by atoms with Crippen LogP contribution >= 0.6 is 15.9 Å². The average Bonchev–Trinajstić information content (AvgIpc) is 2.40. The van der Waals surface area contributed by atoms with E-state index in [9.17, 15) is 9.90 Å². The van der Waals surface area contributed by atoms with Crippen LogP contribution in [0.1, 0.15) is 15.9 Å². The lowest BCUT2D eigenvalue weighted by Gasteiger charge is -2.18. The first-order valence-corrected chi connectivity index (χ1v) is 6.85. The van der Waals surface area contributed by atoms with Gasteiger partial charge in [0.15, 0.2) is 0 Å². The van der Waals surface area contributed by atoms with E-state index in [1.807, 2.05) is 6.07 Å². The maximum Gasteiger partial charge on any atom is 0.255 e. The number of anilines is 1. The Morgan fingerprint density at radius 2 is 2.05 bits per heavy atom. The number of benzene rings is 2. The van der Waals surface area contributed by atoms with E-state index in [1.54, 1.807) is 48.3 Å². The molecule has 0 bridgehead atoms. The molecule has 104 valence electrons. The third kappa shape index (κ3) is 3.30. The number of phenols is 1. The van der Waals surface area contributed by atoms with Crippen LogP contribution in [0, 0.1) is 0 Å². The maximum absolute atomic E-state index is 12.4. The van der Waals surface area contributed by atoms with Crippen molar-refractivity contribution in [1.29, 1.82) is 0 Å². The van der Waals surface area contributed by atoms with Gasteiger partial charge in [0.1, 0.15) is 5.75 Å². The minimum Gasteiger partial charge on any atom is -0.508 e. The third-order valence-electron chi connectivity index (χ3n) is 2.90. The summed E-state index contributed by atoms with van der Waals surface area (Å²) in [7, 11) is 1.71. The Labute approximate surface area is 126 Å². The number of halogens is 1. The highest BCUT2D eigenvalue weighted by Crippen LogP contribution is 2.22. The van der Waals surface area contributed by atoms with Crippen molar-refractivity contribution in [2.75, 3.05) is 12.8 Å². The molecule has 1 amide bonds. The van der Waals surface area contributed by atoms with E-state index in [2.05, 4.69) is 15.9 Å². The predicted molar refractivity (Wildman–Crippen MR) is 82.5 cm³/mol. The standard InChI is InChI=1S/C15H15BrN2O2/c1-18(9-10-3-2-4-12(19)7-10)15(20)13-8-11(17)5-6-14(13)16/h2-8,19H,9,17H2,1H3. The summed E-state index contributed by atoms with van der Waals surface area (Å²) in [6, 6.07) is 12.0. The number of aromatic hydroxyl groups is 1. The molecule has 0 aromatic heterocycles. The van der Waals surface area contributed by atoms with Crippen LogP contribution in [0.5, 0.6) is 5.75 Å². The molecule has 0 heterocycles. The van der Waals surface area contributed by atoms with Gasteiger partial charge in [0.05, 0.1) is 5.56 Å². The van der Waals surface area contributed by atoms with E-state index in [0.29, 0.717) is 22.3 Å². The van der Waals surface area contributed by atoms with Crippen molar-refractivity contribution in [3.8, 4) is 5.75 Å². The second-order valence-corrected chi connectivity index (χ2v) is 5.42. The summed E-state index contributed by atoms with van der Waals surface area (Å²) in [6.07, 6.45) is 0. The fraction of sp³-hybridized carbons (Fsp3) is 0.133. The molecule has 0 radical (unpaired) electrons. The molecule has 20 heavy (non-hydrogen) atoms. The van der Waals surface area contributed by atoms with Gasteiger partial charge in [-0.15, -0.1) is 0 Å². The fourth-order valence-corrected chi connectivity index (χ4v) is 2.33. The molecule has 3 N–H and O–H groups in total. The Hall–Kier alpha value is -2.01. The molecule has 0 aliphatic rings. The molecule has 2 rings (SSSR count). The summed E-state index contributed by atoms with van der Waals surface area (Å²) >= 11 is 3.35. The van der Waals surface area contributed by atoms with Gasteiger partial charge in [-0.2, -0.15) is 0 Å². The lowest BCUT2D eigenvalue weighted by Crippen LogP contribution is -2.26. The van der Waals surface area contributed by atoms with Gasteiger partial charge in [-0.3, -0.25) is 4.79 Å². The molecule has 2 aromatic carbocycles. The Morgan fingerprint density at radius 1 is 1.30 bits per heavy atom. The van der Waals surface area contributed by atoms with E-state index in [4.69, 9.17) is 5.73 Å². The number of carbonyl (C=O) groups excluding carboxylic acids is 1. The van der Waals surface area contributed by atoms with Crippen molar-refractivity contribution in [2.45, 2.75) is 6.54 Å². The van der Waals surface area contributed by atoms with Crippen LogP contribution < -0.4 is 5.73 Å². The quantitative estimate of drug-likeness (QED) is 0.848. The summed E-state index contributed by atoms with van der Waals surface area (Å²) in [5, 5.41) is 9.43. The Bertz CT molecular complexity index is 644. The molecule has 0 unspecified atom stereocenters. The van der Waals surface area contributed by atoms with Crippen LogP contribution in [0.2, 0.25) is 0 Å². The zero-order valence-electron chi connectivity index (χ0n) is 11.0. The molecule has 0 fully saturated rings. The van der Waals surface area contributed by atoms with Crippen LogP contribution in [-0.2, 0) is 6.54 Å². The molecule has 0 aliphatic carbocycles. The molecule has 0 spiro atoms. The number of nitrogens with zero attached hydrogens (tertiary/aromatic N) is 1. The zero-order valence-corrected chi connectivity index (χ0v) is 12.6. The molecule has 5 heteroatoms. The fourth-order valence-electron chi connectivity index (χ4n) is 1.91. The van der Waals surface area contributed by atoms with Gasteiger partial charge >= 0.3 is 0 Å². The van der Waals surface area contributed by atoms with Gasteiger partial charge in [0.2, 0.25) is 0 Å². The molecule has 4 nitrogen and oxygen atoms in total. The normalized spacial score (nSPS) is 10.3. The number of carbonyl (C=O) groups is 1. The smallest absolute Gasteiger partial charge is 0.255 e. The second kappa shape index (κ2) is 5.96. The Balaban J connectivity index is 2.18. The lowest BCUT2D eigenvalue weighted by molar-refractivity contribution is 0.0784. The third-order valence-corrected chi connectivity index (χ3v) is 3.59. The number of nitrogens with two attached hydrogens (primary N) is 1. The Kier molecular flexibility index (Phi) is 4.29. The highest BCUT2D eigenvalue weighted by atomic mass is 79.9. The second-order valence-electron chi connectivity index (χ2n) is 4.57. The van der Waals surface area contributed by atoms with Gasteiger partial charge < -0.3 is 15.7 Å². The number of rotatable bonds is 3. The van der Waals surface area contributed by atoms with Gasteiger partial charge in [0, 0.05) is 23.8 Å². The van der Waals surface area contributed by atoms with E-state index in [0.717, 1.165) is 5.56 Å². The van der Waals surface area contributed by atoms with E-state index in [-0.39, 0.29) is 11.7 Å². The van der Waals surface area contributed by atoms with E-state index >= 15 is 0 Å². The summed E-state index contributed by atoms with van der Waals surface area (Å²) < 4.78 is 0.708. The number of hydrogen-bond acceptors (Lipinski definition) is 3. The van der Waals surface area contributed by atoms with Crippen molar-refractivity contribution in [3.05, 3.63) is 58.1 Å². The minimum atomic E-state index is -0.132. The topological polar surface area (TPSA) is 66.6 Å². The van der Waals surface area contributed by atoms with Crippen LogP contribution in [0.3, 0.4) is 0 Å². The Morgan fingerprint density at radius 3 is 2.75 bits per heavy atom. The maximum atomic E-state index is 12.4. The van der Waals surface area contributed by atoms with Crippen LogP contribution in [-0.4, -0.2) is 23.0 Å². The number of amides is 1. The molecule has 0 saturated heterocycles. The van der Waals surface area contributed by atoms with Crippen molar-refractivity contribution in [2.24, 2.45) is 0 Å². The number of hydrogen-bond donors (Lipinski definition) is 2. The van der Waals surface area contributed by atoms with Crippen LogP contribution in [0.4, 0.5) is 5.69 Å². The van der Waals surface area contributed by atoms with Gasteiger partial charge in [0.25, 0.3) is 5.91 Å². The highest BCUT2D eigenvalue weighted by Gasteiger charge is 2.15. The molecule has 0 saturated carbocycles. The van der Waals surface area contributed by atoms with Crippen LogP contribution in [0.25, 0.3) is 0 Å². The van der Waals surface area contributed by atoms with E-state index < -0.39 is 0 Å². The van der Waals surface area contributed by atoms with E-state index in [1.165, 1.54) is 0 Å². The highest BCUT2D eigenvalue weighted by molar-refractivity contribution is 9.10. The zero-order chi connectivity index (χ0) is 14.7. The van der Waals surface area contributed by atoms with Crippen molar-refractivity contribution in [3.63, 3.8) is 0 Å². The average molecular weight is 335 g/mol. The minimum absolute atomic E-state index is 0.132. The summed E-state index contributed by atoms with van der Waals surface area (Å²) in [5.41, 5.74) is 7.64. The molecule has 0 atom stereocenters. The summed E-state index contributed by atoms with van der Waals surface area (Å²) in [4.78, 5) is 14.0. The molecule has 0 aliphatic heterocycles. The first kappa shape index (κ1) is 14.4. The summed E-state index contributed by atoms with van der Waals surface area (Å²) in [5.74, 6) is 0.0565. The van der Waals surface area contributed by atoms with Gasteiger partial charge in [-0.05, 0) is 51.8 Å². The molecule has 2 aromatic rings. The number of nitrogen functional groups attached to an aromatic ring is 1. The predicted octanol–water partition coefficient (Wildman–Crippen LogP) is 3.01. The lowest BCUT2D eigenvalue weighted by atomic mass is 10.1. The monoisotopic (exact) mass is 334 g/mol.